The van der Waals surface area contributed by atoms with Crippen LogP contribution in [0.2, 0.25) is 0 Å². The molecule has 2 rings (SSSR count). The Hall–Kier alpha value is -1.90. The molecule has 0 N–H and O–H groups in total. The van der Waals surface area contributed by atoms with E-state index < -0.39 is 34.6 Å². The molecule has 0 spiro atoms. The van der Waals surface area contributed by atoms with Gasteiger partial charge in [-0.3, -0.25) is 13.9 Å². The van der Waals surface area contributed by atoms with E-state index in [2.05, 4.69) is 0 Å². The standard InChI is InChI=1S/C19H20N3O6.K/c1-5-28-18(25)13(10-20)14(11-6-8-12(27-4)9-7-11)15-16(23)21(2)19(26)22(3)17(15)24;/h6-9,13-14H,5H2,1-4H3;/q-1;+1. The van der Waals surface area contributed by atoms with E-state index in [1.807, 2.05) is 6.07 Å². The van der Waals surface area contributed by atoms with Gasteiger partial charge in [0.2, 0.25) is 0 Å². The second-order valence-corrected chi connectivity index (χ2v) is 6.03. The van der Waals surface area contributed by atoms with Gasteiger partial charge in [-0.05, 0) is 19.1 Å². The molecule has 9 nitrogen and oxygen atoms in total. The van der Waals surface area contributed by atoms with Crippen molar-refractivity contribution >= 4 is 5.97 Å². The molecule has 10 heteroatoms. The number of esters is 1. The van der Waals surface area contributed by atoms with Gasteiger partial charge < -0.3 is 19.1 Å². The Morgan fingerprint density at radius 3 is 2.07 bits per heavy atom. The molecule has 0 radical (unpaired) electrons. The van der Waals surface area contributed by atoms with Crippen molar-refractivity contribution in [3.63, 3.8) is 0 Å². The van der Waals surface area contributed by atoms with Crippen LogP contribution < -0.4 is 72.9 Å². The summed E-state index contributed by atoms with van der Waals surface area (Å²) in [5, 5.41) is 9.64. The van der Waals surface area contributed by atoms with Crippen molar-refractivity contribution in [3.8, 4) is 11.8 Å². The molecule has 0 aliphatic rings. The molecule has 29 heavy (non-hydrogen) atoms. The van der Waals surface area contributed by atoms with Crippen molar-refractivity contribution < 1.29 is 65.7 Å². The number of benzene rings is 1. The van der Waals surface area contributed by atoms with Crippen molar-refractivity contribution in [2.45, 2.75) is 12.8 Å². The summed E-state index contributed by atoms with van der Waals surface area (Å²) in [5.74, 6) is -3.01. The van der Waals surface area contributed by atoms with Gasteiger partial charge >= 0.3 is 63.0 Å². The third-order valence-corrected chi connectivity index (χ3v) is 4.44. The minimum Gasteiger partial charge on any atom is -0.497 e. The van der Waals surface area contributed by atoms with E-state index in [0.29, 0.717) is 11.3 Å². The van der Waals surface area contributed by atoms with Crippen LogP contribution >= 0.6 is 0 Å². The number of aromatic nitrogens is 2. The van der Waals surface area contributed by atoms with E-state index in [4.69, 9.17) is 9.47 Å². The second kappa shape index (κ2) is 10.8. The van der Waals surface area contributed by atoms with Gasteiger partial charge in [0.05, 0.1) is 19.8 Å². The van der Waals surface area contributed by atoms with Gasteiger partial charge in [0.1, 0.15) is 22.8 Å². The van der Waals surface area contributed by atoms with Gasteiger partial charge in [-0.2, -0.15) is 10.8 Å². The Labute approximate surface area is 209 Å². The fourth-order valence-electron chi connectivity index (χ4n) is 2.95. The molecular weight excluding hydrogens is 405 g/mol. The minimum atomic E-state index is -1.45. The average molecular weight is 425 g/mol. The van der Waals surface area contributed by atoms with Gasteiger partial charge in [-0.15, -0.1) is 0 Å². The predicted octanol–water partition coefficient (Wildman–Crippen LogP) is -2.99. The zero-order valence-corrected chi connectivity index (χ0v) is 20.1. The van der Waals surface area contributed by atoms with E-state index in [9.17, 15) is 24.4 Å². The van der Waals surface area contributed by atoms with Crippen LogP contribution in [0.5, 0.6) is 5.75 Å². The molecule has 0 aliphatic heterocycles. The first-order chi connectivity index (χ1) is 13.3. The Morgan fingerprint density at radius 2 is 1.66 bits per heavy atom. The molecular formula is C19H20KN3O6. The maximum atomic E-state index is 12.8. The third kappa shape index (κ3) is 4.99. The van der Waals surface area contributed by atoms with Crippen LogP contribution in [0.25, 0.3) is 0 Å². The SMILES string of the molecule is CCOC(=O)C(C#N)C(c1ccc(OC)cc1)[c-]1c(=O)n(C)c(=O)n(C)c1=O.[K+]. The van der Waals surface area contributed by atoms with Gasteiger partial charge in [0.15, 0.2) is 0 Å². The van der Waals surface area contributed by atoms with Crippen LogP contribution in [-0.2, 0) is 23.6 Å². The molecule has 1 aromatic heterocycles. The van der Waals surface area contributed by atoms with E-state index in [0.717, 1.165) is 9.13 Å². The number of carbonyl (C=O) groups excluding carboxylic acids is 1. The largest absolute Gasteiger partial charge is 1.00 e. The maximum Gasteiger partial charge on any atom is 1.00 e. The van der Waals surface area contributed by atoms with Crippen LogP contribution in [0, 0.1) is 17.2 Å². The van der Waals surface area contributed by atoms with Crippen molar-refractivity contribution in [3.05, 3.63) is 66.6 Å². The molecule has 0 bridgehead atoms. The van der Waals surface area contributed by atoms with Gasteiger partial charge in [0, 0.05) is 14.1 Å². The van der Waals surface area contributed by atoms with Crippen molar-refractivity contribution in [1.82, 2.24) is 9.13 Å². The molecule has 0 amide bonds. The van der Waals surface area contributed by atoms with E-state index in [-0.39, 0.29) is 63.6 Å². The smallest absolute Gasteiger partial charge is 0.497 e. The van der Waals surface area contributed by atoms with Gasteiger partial charge in [0.25, 0.3) is 0 Å². The maximum absolute atomic E-state index is 12.8. The first-order valence-electron chi connectivity index (χ1n) is 8.45. The Balaban J connectivity index is 0.00000420. The molecule has 148 valence electrons. The molecule has 0 saturated carbocycles. The molecule has 1 heterocycles. The fourth-order valence-corrected chi connectivity index (χ4v) is 2.95. The van der Waals surface area contributed by atoms with Crippen LogP contribution in [0.15, 0.2) is 38.6 Å². The monoisotopic (exact) mass is 425 g/mol. The third-order valence-electron chi connectivity index (χ3n) is 4.44. The first kappa shape index (κ1) is 25.1. The fraction of sp³-hybridized carbons (Fsp3) is 0.368. The summed E-state index contributed by atoms with van der Waals surface area (Å²) in [6, 6.07) is 8.11. The Kier molecular flexibility index (Phi) is 9.32. The van der Waals surface area contributed by atoms with Gasteiger partial charge in [-0.25, -0.2) is 4.79 Å². The summed E-state index contributed by atoms with van der Waals surface area (Å²) in [6.45, 7) is 1.61. The summed E-state index contributed by atoms with van der Waals surface area (Å²) in [5.41, 5.74) is -2.50. The molecule has 2 atom stereocenters. The molecule has 2 unspecified atom stereocenters. The van der Waals surface area contributed by atoms with Crippen LogP contribution in [0.3, 0.4) is 0 Å². The molecule has 2 aromatic rings. The van der Waals surface area contributed by atoms with Gasteiger partial charge in [-0.1, -0.05) is 23.6 Å². The molecule has 1 aromatic carbocycles. The van der Waals surface area contributed by atoms with Crippen LogP contribution in [0.4, 0.5) is 0 Å². The number of hydrogen-bond donors (Lipinski definition) is 0. The molecule has 0 aliphatic carbocycles. The Morgan fingerprint density at radius 1 is 1.14 bits per heavy atom. The number of carbonyl (C=O) groups is 1. The number of hydrogen-bond acceptors (Lipinski definition) is 7. The molecule has 0 fully saturated rings. The Bertz CT molecular complexity index is 1050. The average Bonchev–Trinajstić information content (AvgIpc) is 2.70. The normalized spacial score (nSPS) is 12.2. The van der Waals surface area contributed by atoms with Crippen molar-refractivity contribution in [2.75, 3.05) is 13.7 Å². The topological polar surface area (TPSA) is 120 Å². The predicted molar refractivity (Wildman–Crippen MR) is 99.4 cm³/mol. The van der Waals surface area contributed by atoms with Crippen LogP contribution in [0.1, 0.15) is 24.0 Å². The summed E-state index contributed by atoms with van der Waals surface area (Å²) >= 11 is 0. The number of ether oxygens (including phenoxy) is 2. The zero-order chi connectivity index (χ0) is 21.0. The van der Waals surface area contributed by atoms with Crippen molar-refractivity contribution in [2.24, 2.45) is 20.0 Å². The van der Waals surface area contributed by atoms with Crippen LogP contribution in [-0.4, -0.2) is 28.8 Å². The first-order valence-corrected chi connectivity index (χ1v) is 8.45. The zero-order valence-electron chi connectivity index (χ0n) is 17.0. The number of nitrogens with zero attached hydrogens (tertiary/aromatic N) is 3. The van der Waals surface area contributed by atoms with Crippen molar-refractivity contribution in [1.29, 1.82) is 5.26 Å². The summed E-state index contributed by atoms with van der Waals surface area (Å²) in [6.07, 6.45) is 0. The summed E-state index contributed by atoms with van der Waals surface area (Å²) in [4.78, 5) is 50.0. The summed E-state index contributed by atoms with van der Waals surface area (Å²) in [7, 11) is 3.93. The number of nitriles is 1. The second-order valence-electron chi connectivity index (χ2n) is 6.03. The minimum absolute atomic E-state index is 0. The summed E-state index contributed by atoms with van der Waals surface area (Å²) < 4.78 is 11.6. The number of rotatable bonds is 6. The molecule has 0 saturated heterocycles. The van der Waals surface area contributed by atoms with E-state index >= 15 is 0 Å². The quantitative estimate of drug-likeness (QED) is 0.275. The number of methoxy groups -OCH3 is 1. The van der Waals surface area contributed by atoms with E-state index in [1.54, 1.807) is 31.2 Å². The van der Waals surface area contributed by atoms with E-state index in [1.165, 1.54) is 21.2 Å².